The van der Waals surface area contributed by atoms with Gasteiger partial charge in [0.15, 0.2) is 16.8 Å². The molecule has 0 saturated heterocycles. The highest BCUT2D eigenvalue weighted by molar-refractivity contribution is 7.99. The van der Waals surface area contributed by atoms with Crippen LogP contribution in [0.15, 0.2) is 53.9 Å². The summed E-state index contributed by atoms with van der Waals surface area (Å²) in [5, 5.41) is 13.7. The number of hydrogen-bond donors (Lipinski definition) is 2. The van der Waals surface area contributed by atoms with Crippen LogP contribution in [0, 0.1) is 11.6 Å². The summed E-state index contributed by atoms with van der Waals surface area (Å²) in [5.74, 6) is -2.45. The molecule has 1 aromatic heterocycles. The molecule has 10 heteroatoms. The molecule has 1 atom stereocenters. The maximum Gasteiger partial charge on any atom is 0.251 e. The Hall–Kier alpha value is -3.27. The number of carbonyl (C=O) groups is 2. The van der Waals surface area contributed by atoms with Crippen LogP contribution in [0.2, 0.25) is 0 Å². The highest BCUT2D eigenvalue weighted by Gasteiger charge is 2.14. The first-order valence-electron chi connectivity index (χ1n) is 8.96. The van der Waals surface area contributed by atoms with Crippen LogP contribution in [0.4, 0.5) is 14.5 Å². The van der Waals surface area contributed by atoms with Crippen LogP contribution in [0.1, 0.15) is 28.9 Å². The molecular weight excluding hydrogens is 412 g/mol. The van der Waals surface area contributed by atoms with Gasteiger partial charge in [0.25, 0.3) is 5.91 Å². The first-order chi connectivity index (χ1) is 14.3. The number of hydrogen-bond acceptors (Lipinski definition) is 5. The van der Waals surface area contributed by atoms with Crippen molar-refractivity contribution in [1.82, 2.24) is 20.1 Å². The summed E-state index contributed by atoms with van der Waals surface area (Å²) in [7, 11) is 1.78. The van der Waals surface area contributed by atoms with Crippen LogP contribution in [0.25, 0.3) is 0 Å². The largest absolute Gasteiger partial charge is 0.346 e. The van der Waals surface area contributed by atoms with E-state index >= 15 is 0 Å². The number of rotatable bonds is 7. The number of aromatic nitrogens is 3. The SMILES string of the molecule is CC(NC(=O)c1cccc(NC(=O)CSc2nncn2C)c1)c1ccc(F)c(F)c1. The number of amides is 2. The van der Waals surface area contributed by atoms with E-state index in [1.807, 2.05) is 0 Å². The van der Waals surface area contributed by atoms with Gasteiger partial charge < -0.3 is 15.2 Å². The Morgan fingerprint density at radius 3 is 2.67 bits per heavy atom. The Labute approximate surface area is 175 Å². The highest BCUT2D eigenvalue weighted by Crippen LogP contribution is 2.18. The van der Waals surface area contributed by atoms with E-state index in [0.717, 1.165) is 12.1 Å². The minimum Gasteiger partial charge on any atom is -0.346 e. The van der Waals surface area contributed by atoms with Crippen LogP contribution < -0.4 is 10.6 Å². The second-order valence-electron chi connectivity index (χ2n) is 6.51. The van der Waals surface area contributed by atoms with Crippen LogP contribution in [0.3, 0.4) is 0 Å². The molecule has 3 aromatic rings. The molecule has 0 saturated carbocycles. The van der Waals surface area contributed by atoms with Crippen LogP contribution in [0.5, 0.6) is 0 Å². The molecule has 0 aliphatic carbocycles. The molecule has 0 spiro atoms. The fraction of sp³-hybridized carbons (Fsp3) is 0.200. The quantitative estimate of drug-likeness (QED) is 0.561. The van der Waals surface area contributed by atoms with Crippen molar-refractivity contribution in [1.29, 1.82) is 0 Å². The van der Waals surface area contributed by atoms with Gasteiger partial charge in [-0.2, -0.15) is 0 Å². The van der Waals surface area contributed by atoms with Crippen molar-refractivity contribution < 1.29 is 18.4 Å². The molecule has 30 heavy (non-hydrogen) atoms. The average molecular weight is 431 g/mol. The number of halogens is 2. The zero-order valence-electron chi connectivity index (χ0n) is 16.2. The number of aryl methyl sites for hydroxylation is 1. The van der Waals surface area contributed by atoms with Crippen molar-refractivity contribution in [2.24, 2.45) is 7.05 Å². The zero-order chi connectivity index (χ0) is 21.7. The van der Waals surface area contributed by atoms with E-state index in [2.05, 4.69) is 20.8 Å². The highest BCUT2D eigenvalue weighted by atomic mass is 32.2. The number of benzene rings is 2. The molecule has 7 nitrogen and oxygen atoms in total. The van der Waals surface area contributed by atoms with E-state index in [1.165, 1.54) is 23.9 Å². The van der Waals surface area contributed by atoms with Crippen molar-refractivity contribution in [3.63, 3.8) is 0 Å². The Balaban J connectivity index is 1.59. The summed E-state index contributed by atoms with van der Waals surface area (Å²) in [6.07, 6.45) is 1.55. The lowest BCUT2D eigenvalue weighted by Crippen LogP contribution is -2.27. The van der Waals surface area contributed by atoms with Crippen molar-refractivity contribution >= 4 is 29.3 Å². The molecule has 1 unspecified atom stereocenters. The van der Waals surface area contributed by atoms with Gasteiger partial charge in [-0.1, -0.05) is 23.9 Å². The number of carbonyl (C=O) groups excluding carboxylic acids is 2. The molecule has 2 aromatic carbocycles. The standard InChI is InChI=1S/C20H19F2N5O2S/c1-12(13-6-7-16(21)17(22)9-13)24-19(29)14-4-3-5-15(8-14)25-18(28)10-30-20-26-23-11-27(20)2/h3-9,11-12H,10H2,1-2H3,(H,24,29)(H,25,28). The van der Waals surface area contributed by atoms with Crippen molar-refractivity contribution in [3.05, 3.63) is 71.6 Å². The summed E-state index contributed by atoms with van der Waals surface area (Å²) in [6, 6.07) is 9.38. The van der Waals surface area contributed by atoms with Crippen molar-refractivity contribution in [3.8, 4) is 0 Å². The molecule has 0 radical (unpaired) electrons. The summed E-state index contributed by atoms with van der Waals surface area (Å²) in [6.45, 7) is 1.67. The molecule has 156 valence electrons. The second kappa shape index (κ2) is 9.49. The summed E-state index contributed by atoms with van der Waals surface area (Å²) >= 11 is 1.24. The lowest BCUT2D eigenvalue weighted by atomic mass is 10.1. The minimum absolute atomic E-state index is 0.135. The number of anilines is 1. The Morgan fingerprint density at radius 2 is 1.97 bits per heavy atom. The third-order valence-electron chi connectivity index (χ3n) is 4.20. The number of nitrogens with zero attached hydrogens (tertiary/aromatic N) is 3. The molecule has 0 aliphatic rings. The molecule has 1 heterocycles. The van der Waals surface area contributed by atoms with Crippen LogP contribution in [-0.4, -0.2) is 32.3 Å². The molecular formula is C20H19F2N5O2S. The summed E-state index contributed by atoms with van der Waals surface area (Å²) in [5.41, 5.74) is 1.22. The maximum absolute atomic E-state index is 13.4. The molecule has 0 fully saturated rings. The van der Waals surface area contributed by atoms with Gasteiger partial charge >= 0.3 is 0 Å². The smallest absolute Gasteiger partial charge is 0.251 e. The Bertz CT molecular complexity index is 1070. The van der Waals surface area contributed by atoms with Gasteiger partial charge in [-0.25, -0.2) is 8.78 Å². The van der Waals surface area contributed by atoms with E-state index < -0.39 is 23.6 Å². The topological polar surface area (TPSA) is 88.9 Å². The Morgan fingerprint density at radius 1 is 1.17 bits per heavy atom. The first kappa shape index (κ1) is 21.4. The van der Waals surface area contributed by atoms with Gasteiger partial charge in [0.2, 0.25) is 5.91 Å². The molecule has 0 aliphatic heterocycles. The second-order valence-corrected chi connectivity index (χ2v) is 7.45. The fourth-order valence-electron chi connectivity index (χ4n) is 2.61. The van der Waals surface area contributed by atoms with Crippen molar-refractivity contribution in [2.45, 2.75) is 18.1 Å². The maximum atomic E-state index is 13.4. The fourth-order valence-corrected chi connectivity index (χ4v) is 3.30. The van der Waals surface area contributed by atoms with E-state index in [4.69, 9.17) is 0 Å². The zero-order valence-corrected chi connectivity index (χ0v) is 17.0. The van der Waals surface area contributed by atoms with E-state index in [-0.39, 0.29) is 11.7 Å². The van der Waals surface area contributed by atoms with Gasteiger partial charge in [0, 0.05) is 18.3 Å². The van der Waals surface area contributed by atoms with Gasteiger partial charge in [0.1, 0.15) is 6.33 Å². The monoisotopic (exact) mass is 431 g/mol. The summed E-state index contributed by atoms with van der Waals surface area (Å²) < 4.78 is 28.2. The predicted molar refractivity (Wildman–Crippen MR) is 109 cm³/mol. The van der Waals surface area contributed by atoms with E-state index in [1.54, 1.807) is 43.1 Å². The summed E-state index contributed by atoms with van der Waals surface area (Å²) in [4.78, 5) is 24.7. The first-order valence-corrected chi connectivity index (χ1v) is 9.94. The molecule has 0 bridgehead atoms. The molecule has 2 amide bonds. The van der Waals surface area contributed by atoms with Crippen LogP contribution in [-0.2, 0) is 11.8 Å². The lowest BCUT2D eigenvalue weighted by molar-refractivity contribution is -0.113. The van der Waals surface area contributed by atoms with Gasteiger partial charge in [-0.05, 0) is 42.8 Å². The van der Waals surface area contributed by atoms with Crippen molar-refractivity contribution in [2.75, 3.05) is 11.1 Å². The third-order valence-corrected chi connectivity index (χ3v) is 5.24. The van der Waals surface area contributed by atoms with Gasteiger partial charge in [-0.3, -0.25) is 9.59 Å². The van der Waals surface area contributed by atoms with E-state index in [0.29, 0.717) is 22.0 Å². The van der Waals surface area contributed by atoms with Gasteiger partial charge in [-0.15, -0.1) is 10.2 Å². The third kappa shape index (κ3) is 5.41. The Kier molecular flexibility index (Phi) is 6.78. The predicted octanol–water partition coefficient (Wildman–Crippen LogP) is 3.32. The molecule has 2 N–H and O–H groups in total. The minimum atomic E-state index is -0.975. The van der Waals surface area contributed by atoms with Crippen LogP contribution >= 0.6 is 11.8 Å². The number of thioether (sulfide) groups is 1. The van der Waals surface area contributed by atoms with E-state index in [9.17, 15) is 18.4 Å². The average Bonchev–Trinajstić information content (AvgIpc) is 3.13. The van der Waals surface area contributed by atoms with Gasteiger partial charge in [0.05, 0.1) is 11.8 Å². The normalized spacial score (nSPS) is 11.7. The molecule has 3 rings (SSSR count). The number of nitrogens with one attached hydrogen (secondary N) is 2. The lowest BCUT2D eigenvalue weighted by Gasteiger charge is -2.15.